The smallest absolute Gasteiger partial charge is 0.204 e. The zero-order valence-electron chi connectivity index (χ0n) is 8.02. The molecule has 3 rings (SSSR count). The number of nitrogens with zero attached hydrogens (tertiary/aromatic N) is 3. The highest BCUT2D eigenvalue weighted by Crippen LogP contribution is 2.42. The molecule has 5 heteroatoms. The molecule has 0 spiro atoms. The van der Waals surface area contributed by atoms with Gasteiger partial charge in [0.25, 0.3) is 0 Å². The quantitative estimate of drug-likeness (QED) is 0.904. The molecule has 0 unspecified atom stereocenters. The minimum absolute atomic E-state index is 0.0762. The van der Waals surface area contributed by atoms with Crippen LogP contribution in [0.4, 0.5) is 0 Å². The minimum Gasteiger partial charge on any atom is -0.392 e. The number of aromatic nitrogens is 3. The van der Waals surface area contributed by atoms with Crippen LogP contribution in [0.5, 0.6) is 0 Å². The molecule has 2 aromatic rings. The Kier molecular flexibility index (Phi) is 2.03. The van der Waals surface area contributed by atoms with E-state index in [0.29, 0.717) is 10.7 Å². The van der Waals surface area contributed by atoms with E-state index in [-0.39, 0.29) is 6.61 Å². The van der Waals surface area contributed by atoms with Crippen molar-refractivity contribution in [2.45, 2.75) is 25.4 Å². The van der Waals surface area contributed by atoms with Gasteiger partial charge in [-0.25, -0.2) is 0 Å². The fourth-order valence-corrected chi connectivity index (χ4v) is 2.22. The van der Waals surface area contributed by atoms with Gasteiger partial charge >= 0.3 is 0 Å². The molecule has 2 heterocycles. The van der Waals surface area contributed by atoms with Crippen molar-refractivity contribution in [1.82, 2.24) is 14.6 Å². The highest BCUT2D eigenvalue weighted by atomic mass is 79.9. The molecule has 0 saturated heterocycles. The Morgan fingerprint density at radius 3 is 2.93 bits per heavy atom. The summed E-state index contributed by atoms with van der Waals surface area (Å²) in [7, 11) is 0. The first-order chi connectivity index (χ1) is 7.29. The van der Waals surface area contributed by atoms with Crippen LogP contribution in [0.15, 0.2) is 17.0 Å². The zero-order valence-corrected chi connectivity index (χ0v) is 9.61. The van der Waals surface area contributed by atoms with Crippen LogP contribution in [-0.2, 0) is 6.61 Å². The van der Waals surface area contributed by atoms with Crippen molar-refractivity contribution in [2.75, 3.05) is 0 Å². The summed E-state index contributed by atoms with van der Waals surface area (Å²) in [5, 5.41) is 17.2. The van der Waals surface area contributed by atoms with Crippen LogP contribution in [0.25, 0.3) is 5.65 Å². The molecule has 1 aliphatic carbocycles. The predicted molar refractivity (Wildman–Crippen MR) is 58.6 cm³/mol. The van der Waals surface area contributed by atoms with Gasteiger partial charge in [0.1, 0.15) is 0 Å². The Hall–Kier alpha value is -0.940. The molecule has 0 aromatic carbocycles. The van der Waals surface area contributed by atoms with E-state index in [9.17, 15) is 5.11 Å². The van der Waals surface area contributed by atoms with Crippen molar-refractivity contribution in [3.05, 3.63) is 28.1 Å². The Balaban J connectivity index is 2.25. The van der Waals surface area contributed by atoms with Gasteiger partial charge in [0.2, 0.25) is 4.73 Å². The average Bonchev–Trinajstić information content (AvgIpc) is 3.04. The summed E-state index contributed by atoms with van der Waals surface area (Å²) in [6.07, 6.45) is 4.47. The lowest BCUT2D eigenvalue weighted by atomic mass is 10.1. The van der Waals surface area contributed by atoms with Crippen molar-refractivity contribution in [3.63, 3.8) is 0 Å². The largest absolute Gasteiger partial charge is 0.392 e. The number of hydrogen-bond donors (Lipinski definition) is 1. The molecule has 0 amide bonds. The summed E-state index contributed by atoms with van der Waals surface area (Å²) < 4.78 is 2.62. The molecule has 0 atom stereocenters. The van der Waals surface area contributed by atoms with E-state index in [4.69, 9.17) is 0 Å². The van der Waals surface area contributed by atoms with Crippen LogP contribution in [0.1, 0.15) is 29.9 Å². The standard InChI is InChI=1S/C10H10BrN3O/c11-10-13-12-9-3-7(5-15)8(4-14(9)10)6-1-2-6/h3-4,6,15H,1-2,5H2. The summed E-state index contributed by atoms with van der Waals surface area (Å²) in [5.41, 5.74) is 2.98. The molecule has 1 N–H and O–H groups in total. The van der Waals surface area contributed by atoms with Crippen LogP contribution < -0.4 is 0 Å². The lowest BCUT2D eigenvalue weighted by Crippen LogP contribution is -1.97. The second-order valence-corrected chi connectivity index (χ2v) is 4.59. The molecule has 78 valence electrons. The van der Waals surface area contributed by atoms with Gasteiger partial charge in [0, 0.05) is 6.20 Å². The monoisotopic (exact) mass is 267 g/mol. The maximum atomic E-state index is 9.29. The van der Waals surface area contributed by atoms with E-state index < -0.39 is 0 Å². The first-order valence-corrected chi connectivity index (χ1v) is 5.73. The van der Waals surface area contributed by atoms with E-state index in [1.807, 2.05) is 16.7 Å². The van der Waals surface area contributed by atoms with E-state index in [0.717, 1.165) is 11.2 Å². The molecule has 2 aromatic heterocycles. The summed E-state index contributed by atoms with van der Waals surface area (Å²) in [6.45, 7) is 0.0762. The summed E-state index contributed by atoms with van der Waals surface area (Å²) in [5.74, 6) is 0.617. The third-order valence-corrected chi connectivity index (χ3v) is 3.35. The van der Waals surface area contributed by atoms with Crippen molar-refractivity contribution in [3.8, 4) is 0 Å². The molecule has 0 radical (unpaired) electrons. The van der Waals surface area contributed by atoms with E-state index in [1.54, 1.807) is 0 Å². The van der Waals surface area contributed by atoms with Crippen molar-refractivity contribution < 1.29 is 5.11 Å². The molecular weight excluding hydrogens is 258 g/mol. The van der Waals surface area contributed by atoms with Crippen LogP contribution in [0.2, 0.25) is 0 Å². The van der Waals surface area contributed by atoms with Crippen LogP contribution in [-0.4, -0.2) is 19.7 Å². The van der Waals surface area contributed by atoms with Gasteiger partial charge in [0.05, 0.1) is 6.61 Å². The molecule has 1 saturated carbocycles. The van der Waals surface area contributed by atoms with E-state index >= 15 is 0 Å². The van der Waals surface area contributed by atoms with Gasteiger partial charge < -0.3 is 5.11 Å². The topological polar surface area (TPSA) is 50.4 Å². The van der Waals surface area contributed by atoms with Crippen molar-refractivity contribution in [1.29, 1.82) is 0 Å². The first-order valence-electron chi connectivity index (χ1n) is 4.93. The number of fused-ring (bicyclic) bond motifs is 1. The maximum Gasteiger partial charge on any atom is 0.204 e. The fraction of sp³-hybridized carbons (Fsp3) is 0.400. The molecule has 1 aliphatic rings. The first kappa shape index (κ1) is 9.30. The van der Waals surface area contributed by atoms with Gasteiger partial charge in [-0.2, -0.15) is 0 Å². The highest BCUT2D eigenvalue weighted by molar-refractivity contribution is 9.10. The lowest BCUT2D eigenvalue weighted by Gasteiger charge is -2.06. The maximum absolute atomic E-state index is 9.29. The number of aliphatic hydroxyl groups is 1. The Bertz CT molecular complexity index is 519. The number of aliphatic hydroxyl groups excluding tert-OH is 1. The molecule has 0 bridgehead atoms. The Morgan fingerprint density at radius 1 is 1.47 bits per heavy atom. The SMILES string of the molecule is OCc1cc2nnc(Br)n2cc1C1CC1. The van der Waals surface area contributed by atoms with Crippen LogP contribution in [0, 0.1) is 0 Å². The van der Waals surface area contributed by atoms with E-state index in [1.165, 1.54) is 18.4 Å². The summed E-state index contributed by atoms with van der Waals surface area (Å²) >= 11 is 3.34. The lowest BCUT2D eigenvalue weighted by molar-refractivity contribution is 0.280. The molecule has 4 nitrogen and oxygen atoms in total. The van der Waals surface area contributed by atoms with Crippen LogP contribution >= 0.6 is 15.9 Å². The summed E-state index contributed by atoms with van der Waals surface area (Å²) in [4.78, 5) is 0. The number of hydrogen-bond acceptors (Lipinski definition) is 3. The Morgan fingerprint density at radius 2 is 2.27 bits per heavy atom. The highest BCUT2D eigenvalue weighted by Gasteiger charge is 2.26. The van der Waals surface area contributed by atoms with E-state index in [2.05, 4.69) is 26.1 Å². The van der Waals surface area contributed by atoms with Crippen molar-refractivity contribution >= 4 is 21.6 Å². The van der Waals surface area contributed by atoms with Gasteiger partial charge in [0.15, 0.2) is 5.65 Å². The van der Waals surface area contributed by atoms with Gasteiger partial charge in [-0.05, 0) is 51.9 Å². The molecule has 1 fully saturated rings. The van der Waals surface area contributed by atoms with Crippen molar-refractivity contribution in [2.24, 2.45) is 0 Å². The van der Waals surface area contributed by atoms with Gasteiger partial charge in [-0.1, -0.05) is 0 Å². The number of pyridine rings is 1. The number of halogens is 1. The molecular formula is C10H10BrN3O. The zero-order chi connectivity index (χ0) is 10.4. The average molecular weight is 268 g/mol. The van der Waals surface area contributed by atoms with Gasteiger partial charge in [-0.3, -0.25) is 4.40 Å². The Labute approximate surface area is 95.1 Å². The minimum atomic E-state index is 0.0762. The second kappa shape index (κ2) is 3.28. The van der Waals surface area contributed by atoms with Gasteiger partial charge in [-0.15, -0.1) is 10.2 Å². The fourth-order valence-electron chi connectivity index (χ4n) is 1.86. The normalized spacial score (nSPS) is 16.1. The number of rotatable bonds is 2. The predicted octanol–water partition coefficient (Wildman–Crippen LogP) is 1.86. The second-order valence-electron chi connectivity index (χ2n) is 3.88. The summed E-state index contributed by atoms with van der Waals surface area (Å²) in [6, 6.07) is 1.91. The third kappa shape index (κ3) is 1.46. The molecule has 0 aliphatic heterocycles. The van der Waals surface area contributed by atoms with Crippen LogP contribution in [0.3, 0.4) is 0 Å². The molecule has 15 heavy (non-hydrogen) atoms. The third-order valence-electron chi connectivity index (χ3n) is 2.81.